The number of para-hydroxylation sites is 2. The van der Waals surface area contributed by atoms with Gasteiger partial charge in [0.25, 0.3) is 5.91 Å². The standard InChI is InChI=1S/C28H28N4O3/c1-16-10-12-21(17(2)14-16)30-27(33)25-18(3)29-28-31-22-8-6-7-9-23(22)32(28)26(25)20-15-19(34-4)11-13-24(20)35-5/h6-15,26H,1-5H3,(H,29,31)(H,30,33). The lowest BCUT2D eigenvalue weighted by atomic mass is 9.93. The van der Waals surface area contributed by atoms with Crippen molar-refractivity contribution in [3.63, 3.8) is 0 Å². The minimum absolute atomic E-state index is 0.194. The van der Waals surface area contributed by atoms with Crippen LogP contribution < -0.4 is 20.1 Å². The van der Waals surface area contributed by atoms with Gasteiger partial charge in [-0.3, -0.25) is 9.36 Å². The van der Waals surface area contributed by atoms with Gasteiger partial charge in [0.05, 0.1) is 36.9 Å². The summed E-state index contributed by atoms with van der Waals surface area (Å²) in [7, 11) is 3.26. The number of carbonyl (C=O) groups excluding carboxylic acids is 1. The van der Waals surface area contributed by atoms with E-state index in [-0.39, 0.29) is 5.91 Å². The third kappa shape index (κ3) is 3.89. The van der Waals surface area contributed by atoms with Crippen molar-refractivity contribution >= 4 is 28.6 Å². The van der Waals surface area contributed by atoms with Crippen molar-refractivity contribution in [1.29, 1.82) is 0 Å². The predicted octanol–water partition coefficient (Wildman–Crippen LogP) is 5.60. The Balaban J connectivity index is 1.71. The number of allylic oxidation sites excluding steroid dienone is 1. The van der Waals surface area contributed by atoms with Gasteiger partial charge < -0.3 is 20.1 Å². The molecule has 0 aliphatic carbocycles. The van der Waals surface area contributed by atoms with Gasteiger partial charge in [-0.25, -0.2) is 4.98 Å². The second kappa shape index (κ2) is 8.83. The van der Waals surface area contributed by atoms with E-state index < -0.39 is 6.04 Å². The molecule has 2 heterocycles. The first-order valence-corrected chi connectivity index (χ1v) is 11.5. The first kappa shape index (κ1) is 22.5. The highest BCUT2D eigenvalue weighted by atomic mass is 16.5. The monoisotopic (exact) mass is 468 g/mol. The average Bonchev–Trinajstić information content (AvgIpc) is 3.22. The number of carbonyl (C=O) groups is 1. The maximum atomic E-state index is 13.9. The van der Waals surface area contributed by atoms with Gasteiger partial charge in [0.15, 0.2) is 0 Å². The molecule has 7 nitrogen and oxygen atoms in total. The summed E-state index contributed by atoms with van der Waals surface area (Å²) >= 11 is 0. The Morgan fingerprint density at radius 2 is 1.80 bits per heavy atom. The number of methoxy groups -OCH3 is 2. The van der Waals surface area contributed by atoms with Crippen LogP contribution in [0.5, 0.6) is 11.5 Å². The van der Waals surface area contributed by atoms with E-state index >= 15 is 0 Å². The third-order valence-electron chi connectivity index (χ3n) is 6.44. The average molecular weight is 469 g/mol. The van der Waals surface area contributed by atoms with Crippen LogP contribution in [0.4, 0.5) is 11.6 Å². The zero-order valence-electron chi connectivity index (χ0n) is 20.5. The topological polar surface area (TPSA) is 77.4 Å². The largest absolute Gasteiger partial charge is 0.497 e. The lowest BCUT2D eigenvalue weighted by Crippen LogP contribution is -2.31. The van der Waals surface area contributed by atoms with Crippen LogP contribution in [0.1, 0.15) is 29.7 Å². The molecular weight excluding hydrogens is 440 g/mol. The number of fused-ring (bicyclic) bond motifs is 3. The predicted molar refractivity (Wildman–Crippen MR) is 138 cm³/mol. The first-order chi connectivity index (χ1) is 16.9. The van der Waals surface area contributed by atoms with Crippen LogP contribution in [-0.2, 0) is 4.79 Å². The van der Waals surface area contributed by atoms with E-state index in [1.807, 2.05) is 75.4 Å². The number of benzene rings is 3. The van der Waals surface area contributed by atoms with E-state index in [1.54, 1.807) is 14.2 Å². The van der Waals surface area contributed by atoms with Crippen molar-refractivity contribution in [3.8, 4) is 11.5 Å². The smallest absolute Gasteiger partial charge is 0.255 e. The minimum Gasteiger partial charge on any atom is -0.497 e. The maximum Gasteiger partial charge on any atom is 0.255 e. The molecule has 0 saturated heterocycles. The van der Waals surface area contributed by atoms with E-state index in [0.717, 1.165) is 39.1 Å². The summed E-state index contributed by atoms with van der Waals surface area (Å²) in [5, 5.41) is 6.49. The number of ether oxygens (including phenoxy) is 2. The van der Waals surface area contributed by atoms with Crippen molar-refractivity contribution in [2.45, 2.75) is 26.8 Å². The van der Waals surface area contributed by atoms with Crippen molar-refractivity contribution in [2.75, 3.05) is 24.9 Å². The number of amides is 1. The van der Waals surface area contributed by atoms with E-state index in [4.69, 9.17) is 14.5 Å². The van der Waals surface area contributed by atoms with Gasteiger partial charge in [0.1, 0.15) is 11.5 Å². The van der Waals surface area contributed by atoms with Crippen LogP contribution in [0.2, 0.25) is 0 Å². The molecule has 2 N–H and O–H groups in total. The number of hydrogen-bond acceptors (Lipinski definition) is 5. The fourth-order valence-electron chi connectivity index (χ4n) is 4.75. The number of aryl methyl sites for hydroxylation is 2. The van der Waals surface area contributed by atoms with Crippen molar-refractivity contribution < 1.29 is 14.3 Å². The third-order valence-corrected chi connectivity index (χ3v) is 6.44. The van der Waals surface area contributed by atoms with Gasteiger partial charge in [-0.1, -0.05) is 29.8 Å². The molecule has 0 fully saturated rings. The molecule has 1 unspecified atom stereocenters. The lowest BCUT2D eigenvalue weighted by Gasteiger charge is -2.31. The Kier molecular flexibility index (Phi) is 5.68. The Morgan fingerprint density at radius 3 is 2.54 bits per heavy atom. The molecule has 1 aliphatic rings. The van der Waals surface area contributed by atoms with Crippen LogP contribution in [0.25, 0.3) is 11.0 Å². The second-order valence-corrected chi connectivity index (χ2v) is 8.74. The van der Waals surface area contributed by atoms with E-state index in [2.05, 4.69) is 21.3 Å². The lowest BCUT2D eigenvalue weighted by molar-refractivity contribution is -0.113. The molecule has 1 amide bonds. The number of nitrogens with one attached hydrogen (secondary N) is 2. The van der Waals surface area contributed by atoms with Crippen LogP contribution >= 0.6 is 0 Å². The molecule has 0 bridgehead atoms. The molecule has 5 rings (SSSR count). The summed E-state index contributed by atoms with van der Waals surface area (Å²) in [6.45, 7) is 5.93. The fraction of sp³-hybridized carbons (Fsp3) is 0.214. The number of hydrogen-bond donors (Lipinski definition) is 2. The molecule has 1 aromatic heterocycles. The molecule has 0 spiro atoms. The van der Waals surface area contributed by atoms with E-state index in [9.17, 15) is 4.79 Å². The highest BCUT2D eigenvalue weighted by Crippen LogP contribution is 2.43. The van der Waals surface area contributed by atoms with E-state index in [0.29, 0.717) is 23.0 Å². The summed E-state index contributed by atoms with van der Waals surface area (Å²) in [5.41, 5.74) is 6.78. The zero-order valence-corrected chi connectivity index (χ0v) is 20.5. The fourth-order valence-corrected chi connectivity index (χ4v) is 4.75. The van der Waals surface area contributed by atoms with Crippen LogP contribution in [0.15, 0.2) is 71.9 Å². The number of anilines is 2. The van der Waals surface area contributed by atoms with Crippen LogP contribution in [0.3, 0.4) is 0 Å². The van der Waals surface area contributed by atoms with Gasteiger partial charge in [0, 0.05) is 16.9 Å². The zero-order chi connectivity index (χ0) is 24.7. The van der Waals surface area contributed by atoms with Gasteiger partial charge in [-0.2, -0.15) is 0 Å². The summed E-state index contributed by atoms with van der Waals surface area (Å²) in [6.07, 6.45) is 0. The number of imidazole rings is 1. The van der Waals surface area contributed by atoms with Crippen LogP contribution in [0, 0.1) is 13.8 Å². The molecule has 7 heteroatoms. The Bertz CT molecular complexity index is 1490. The summed E-state index contributed by atoms with van der Waals surface area (Å²) < 4.78 is 13.3. The molecule has 0 saturated carbocycles. The molecule has 35 heavy (non-hydrogen) atoms. The molecule has 3 aromatic carbocycles. The Labute approximate surface area is 204 Å². The Hall–Kier alpha value is -4.26. The second-order valence-electron chi connectivity index (χ2n) is 8.74. The van der Waals surface area contributed by atoms with Gasteiger partial charge in [-0.05, 0) is 62.7 Å². The SMILES string of the molecule is COc1ccc(OC)c(C2C(C(=O)Nc3ccc(C)cc3C)=C(C)Nc3nc4ccccc4n32)c1. The molecule has 0 radical (unpaired) electrons. The molecule has 1 aliphatic heterocycles. The Morgan fingerprint density at radius 1 is 1.00 bits per heavy atom. The quantitative estimate of drug-likeness (QED) is 0.399. The summed E-state index contributed by atoms with van der Waals surface area (Å²) in [4.78, 5) is 18.7. The highest BCUT2D eigenvalue weighted by molar-refractivity contribution is 6.07. The molecule has 4 aromatic rings. The molecular formula is C28H28N4O3. The van der Waals surface area contributed by atoms with E-state index in [1.165, 1.54) is 0 Å². The normalized spacial score (nSPS) is 14.9. The number of nitrogens with zero attached hydrogens (tertiary/aromatic N) is 2. The first-order valence-electron chi connectivity index (χ1n) is 11.5. The molecule has 178 valence electrons. The number of aromatic nitrogens is 2. The van der Waals surface area contributed by atoms with Gasteiger partial charge in [0.2, 0.25) is 5.95 Å². The van der Waals surface area contributed by atoms with Crippen molar-refractivity contribution in [1.82, 2.24) is 9.55 Å². The van der Waals surface area contributed by atoms with Crippen molar-refractivity contribution in [2.24, 2.45) is 0 Å². The summed E-state index contributed by atoms with van der Waals surface area (Å²) in [6, 6.07) is 19.0. The van der Waals surface area contributed by atoms with Gasteiger partial charge in [-0.15, -0.1) is 0 Å². The number of rotatable bonds is 5. The van der Waals surface area contributed by atoms with Crippen molar-refractivity contribution in [3.05, 3.63) is 88.6 Å². The minimum atomic E-state index is -0.491. The molecule has 1 atom stereocenters. The van der Waals surface area contributed by atoms with Crippen LogP contribution in [-0.4, -0.2) is 29.7 Å². The highest BCUT2D eigenvalue weighted by Gasteiger charge is 2.36. The summed E-state index contributed by atoms with van der Waals surface area (Å²) in [5.74, 6) is 1.81. The van der Waals surface area contributed by atoms with Gasteiger partial charge >= 0.3 is 0 Å². The maximum absolute atomic E-state index is 13.9.